The van der Waals surface area contributed by atoms with Crippen LogP contribution in [-0.2, 0) is 22.5 Å². The zero-order chi connectivity index (χ0) is 15.9. The van der Waals surface area contributed by atoms with Gasteiger partial charge in [0.1, 0.15) is 0 Å². The molecule has 0 bridgehead atoms. The molecule has 2 aromatic carbocycles. The maximum atomic E-state index is 12.2. The third-order valence-corrected chi connectivity index (χ3v) is 3.21. The molecule has 114 valence electrons. The van der Waals surface area contributed by atoms with E-state index in [1.165, 1.54) is 7.11 Å². The Morgan fingerprint density at radius 3 is 2.45 bits per heavy atom. The fourth-order valence-electron chi connectivity index (χ4n) is 1.99. The first-order valence-electron chi connectivity index (χ1n) is 6.88. The number of nitrogens with one attached hydrogen (secondary N) is 1. The first-order chi connectivity index (χ1) is 10.6. The van der Waals surface area contributed by atoms with Crippen LogP contribution in [0.5, 0.6) is 0 Å². The van der Waals surface area contributed by atoms with Crippen LogP contribution in [-0.4, -0.2) is 19.0 Å². The lowest BCUT2D eigenvalue weighted by Crippen LogP contribution is -2.12. The second-order valence-electron chi connectivity index (χ2n) is 4.81. The van der Waals surface area contributed by atoms with Crippen LogP contribution >= 0.6 is 0 Å². The summed E-state index contributed by atoms with van der Waals surface area (Å²) < 4.78 is 4.61. The first kappa shape index (κ1) is 15.7. The molecule has 0 aliphatic rings. The normalized spacial score (nSPS) is 10.1. The zero-order valence-electron chi connectivity index (χ0n) is 12.3. The highest BCUT2D eigenvalue weighted by molar-refractivity contribution is 6.04. The molecule has 0 saturated heterocycles. The molecule has 0 aliphatic heterocycles. The molecule has 0 unspecified atom stereocenters. The number of hydrogen-bond donors (Lipinski definition) is 2. The van der Waals surface area contributed by atoms with E-state index in [0.29, 0.717) is 17.8 Å². The average Bonchev–Trinajstić information content (AvgIpc) is 2.56. The molecular formula is C17H18N2O3. The van der Waals surface area contributed by atoms with Crippen LogP contribution in [0.15, 0.2) is 48.5 Å². The van der Waals surface area contributed by atoms with Crippen LogP contribution < -0.4 is 11.1 Å². The van der Waals surface area contributed by atoms with E-state index in [2.05, 4.69) is 10.1 Å². The average molecular weight is 298 g/mol. The molecule has 0 saturated carbocycles. The number of anilines is 1. The summed E-state index contributed by atoms with van der Waals surface area (Å²) in [4.78, 5) is 23.4. The molecule has 5 nitrogen and oxygen atoms in total. The summed E-state index contributed by atoms with van der Waals surface area (Å²) in [5, 5.41) is 2.81. The van der Waals surface area contributed by atoms with Crippen LogP contribution in [0.3, 0.4) is 0 Å². The molecule has 0 aliphatic carbocycles. The molecule has 0 fully saturated rings. The lowest BCUT2D eigenvalue weighted by molar-refractivity contribution is -0.139. The number of carbonyl (C=O) groups excluding carboxylic acids is 2. The van der Waals surface area contributed by atoms with Crippen molar-refractivity contribution in [2.24, 2.45) is 5.73 Å². The number of methoxy groups -OCH3 is 1. The molecule has 2 aromatic rings. The SMILES string of the molecule is COC(=O)Cc1ccc(NC(=O)c2cccc(CN)c2)cc1. The number of benzene rings is 2. The summed E-state index contributed by atoms with van der Waals surface area (Å²) in [5.41, 5.74) is 8.52. The minimum absolute atomic E-state index is 0.198. The van der Waals surface area contributed by atoms with Gasteiger partial charge in [-0.25, -0.2) is 0 Å². The molecule has 2 rings (SSSR count). The van der Waals surface area contributed by atoms with Crippen molar-refractivity contribution in [2.45, 2.75) is 13.0 Å². The van der Waals surface area contributed by atoms with Gasteiger partial charge in [0.2, 0.25) is 0 Å². The van der Waals surface area contributed by atoms with E-state index in [1.54, 1.807) is 42.5 Å². The molecule has 0 atom stereocenters. The van der Waals surface area contributed by atoms with E-state index in [4.69, 9.17) is 5.73 Å². The summed E-state index contributed by atoms with van der Waals surface area (Å²) in [6, 6.07) is 14.2. The fraction of sp³-hybridized carbons (Fsp3) is 0.176. The maximum absolute atomic E-state index is 12.2. The van der Waals surface area contributed by atoms with Crippen molar-refractivity contribution >= 4 is 17.6 Å². The van der Waals surface area contributed by atoms with Crippen molar-refractivity contribution in [3.05, 3.63) is 65.2 Å². The largest absolute Gasteiger partial charge is 0.469 e. The molecule has 3 N–H and O–H groups in total. The number of hydrogen-bond acceptors (Lipinski definition) is 4. The van der Waals surface area contributed by atoms with E-state index < -0.39 is 0 Å². The second-order valence-corrected chi connectivity index (χ2v) is 4.81. The Bertz CT molecular complexity index is 666. The number of amides is 1. The Labute approximate surface area is 129 Å². The lowest BCUT2D eigenvalue weighted by atomic mass is 10.1. The van der Waals surface area contributed by atoms with Crippen molar-refractivity contribution < 1.29 is 14.3 Å². The van der Waals surface area contributed by atoms with Gasteiger partial charge in [-0.2, -0.15) is 0 Å². The van der Waals surface area contributed by atoms with Crippen LogP contribution in [0.2, 0.25) is 0 Å². The minimum atomic E-state index is -0.296. The summed E-state index contributed by atoms with van der Waals surface area (Å²) in [6.07, 6.45) is 0.212. The summed E-state index contributed by atoms with van der Waals surface area (Å²) >= 11 is 0. The third kappa shape index (κ3) is 4.17. The number of carbonyl (C=O) groups is 2. The van der Waals surface area contributed by atoms with Crippen LogP contribution in [0.4, 0.5) is 5.69 Å². The number of nitrogens with two attached hydrogens (primary N) is 1. The van der Waals surface area contributed by atoms with E-state index in [0.717, 1.165) is 11.1 Å². The zero-order valence-corrected chi connectivity index (χ0v) is 12.3. The van der Waals surface area contributed by atoms with Crippen LogP contribution in [0.25, 0.3) is 0 Å². The second kappa shape index (κ2) is 7.38. The van der Waals surface area contributed by atoms with E-state index in [9.17, 15) is 9.59 Å². The van der Waals surface area contributed by atoms with Gasteiger partial charge in [-0.15, -0.1) is 0 Å². The van der Waals surface area contributed by atoms with Gasteiger partial charge in [0.25, 0.3) is 5.91 Å². The van der Waals surface area contributed by atoms with Gasteiger partial charge in [0.05, 0.1) is 13.5 Å². The Hall–Kier alpha value is -2.66. The number of esters is 1. The van der Waals surface area contributed by atoms with Gasteiger partial charge in [0, 0.05) is 17.8 Å². The topological polar surface area (TPSA) is 81.4 Å². The Kier molecular flexibility index (Phi) is 5.27. The van der Waals surface area contributed by atoms with Gasteiger partial charge >= 0.3 is 5.97 Å². The van der Waals surface area contributed by atoms with Gasteiger partial charge in [-0.05, 0) is 35.4 Å². The Balaban J connectivity index is 2.03. The van der Waals surface area contributed by atoms with Crippen LogP contribution in [0, 0.1) is 0 Å². The van der Waals surface area contributed by atoms with E-state index in [-0.39, 0.29) is 18.3 Å². The summed E-state index contributed by atoms with van der Waals surface area (Å²) in [5.74, 6) is -0.494. The molecule has 22 heavy (non-hydrogen) atoms. The predicted molar refractivity (Wildman–Crippen MR) is 84.4 cm³/mol. The highest BCUT2D eigenvalue weighted by atomic mass is 16.5. The highest BCUT2D eigenvalue weighted by Crippen LogP contribution is 2.13. The van der Waals surface area contributed by atoms with Crippen molar-refractivity contribution in [3.8, 4) is 0 Å². The maximum Gasteiger partial charge on any atom is 0.309 e. The van der Waals surface area contributed by atoms with Gasteiger partial charge < -0.3 is 15.8 Å². The first-order valence-corrected chi connectivity index (χ1v) is 6.88. The van der Waals surface area contributed by atoms with Gasteiger partial charge in [-0.3, -0.25) is 9.59 Å². The van der Waals surface area contributed by atoms with Gasteiger partial charge in [0.15, 0.2) is 0 Å². The monoisotopic (exact) mass is 298 g/mol. The van der Waals surface area contributed by atoms with Crippen molar-refractivity contribution in [1.82, 2.24) is 0 Å². The summed E-state index contributed by atoms with van der Waals surface area (Å²) in [6.45, 7) is 0.392. The van der Waals surface area contributed by atoms with Crippen molar-refractivity contribution in [3.63, 3.8) is 0 Å². The molecule has 0 aromatic heterocycles. The van der Waals surface area contributed by atoms with Crippen LogP contribution in [0.1, 0.15) is 21.5 Å². The Morgan fingerprint density at radius 2 is 1.82 bits per heavy atom. The smallest absolute Gasteiger partial charge is 0.309 e. The predicted octanol–water partition coefficient (Wildman–Crippen LogP) is 2.11. The summed E-state index contributed by atoms with van der Waals surface area (Å²) in [7, 11) is 1.35. The standard InChI is InChI=1S/C17H18N2O3/c1-22-16(20)10-12-5-7-15(8-6-12)19-17(21)14-4-2-3-13(9-14)11-18/h2-9H,10-11,18H2,1H3,(H,19,21). The molecule has 5 heteroatoms. The quantitative estimate of drug-likeness (QED) is 0.828. The van der Waals surface area contributed by atoms with E-state index >= 15 is 0 Å². The van der Waals surface area contributed by atoms with Crippen molar-refractivity contribution in [1.29, 1.82) is 0 Å². The molecule has 0 heterocycles. The molecule has 0 spiro atoms. The third-order valence-electron chi connectivity index (χ3n) is 3.21. The fourth-order valence-corrected chi connectivity index (χ4v) is 1.99. The number of rotatable bonds is 5. The Morgan fingerprint density at radius 1 is 1.09 bits per heavy atom. The van der Waals surface area contributed by atoms with Crippen molar-refractivity contribution in [2.75, 3.05) is 12.4 Å². The van der Waals surface area contributed by atoms with Gasteiger partial charge in [-0.1, -0.05) is 24.3 Å². The molecule has 0 radical (unpaired) electrons. The minimum Gasteiger partial charge on any atom is -0.469 e. The molecule has 1 amide bonds. The number of ether oxygens (including phenoxy) is 1. The highest BCUT2D eigenvalue weighted by Gasteiger charge is 2.07. The molecular weight excluding hydrogens is 280 g/mol. The lowest BCUT2D eigenvalue weighted by Gasteiger charge is -2.07. The van der Waals surface area contributed by atoms with E-state index in [1.807, 2.05) is 6.07 Å².